The largest absolute Gasteiger partial charge is 0.381 e. The van der Waals surface area contributed by atoms with E-state index in [0.29, 0.717) is 13.0 Å². The van der Waals surface area contributed by atoms with Crippen LogP contribution in [0.15, 0.2) is 0 Å². The van der Waals surface area contributed by atoms with E-state index in [4.69, 9.17) is 4.74 Å². The third-order valence-electron chi connectivity index (χ3n) is 2.29. The Morgan fingerprint density at radius 3 is 2.38 bits per heavy atom. The highest BCUT2D eigenvalue weighted by Crippen LogP contribution is 2.02. The van der Waals surface area contributed by atoms with Gasteiger partial charge in [-0.15, -0.1) is 0 Å². The second-order valence-corrected chi connectivity index (χ2v) is 6.33. The molecule has 0 rings (SSSR count). The zero-order valence-corrected chi connectivity index (χ0v) is 11.5. The smallest absolute Gasteiger partial charge is 0.147 e. The van der Waals surface area contributed by atoms with Crippen molar-refractivity contribution in [2.24, 2.45) is 0 Å². The molecule has 98 valence electrons. The third kappa shape index (κ3) is 10.4. The lowest BCUT2D eigenvalue weighted by atomic mass is 10.1. The van der Waals surface area contributed by atoms with Gasteiger partial charge in [0.05, 0.1) is 5.75 Å². The third-order valence-corrected chi connectivity index (χ3v) is 3.27. The van der Waals surface area contributed by atoms with Gasteiger partial charge in [-0.25, -0.2) is 8.42 Å². The second-order valence-electron chi connectivity index (χ2n) is 4.07. The Hall–Kier alpha value is -0.130. The standard InChI is InChI=1S/C11H25NO3S/c1-4-8-15-9-6-11(12-5-2)7-10-16(3,13)14/h11-12H,4-10H2,1-3H3. The molecule has 0 aliphatic heterocycles. The van der Waals surface area contributed by atoms with Gasteiger partial charge in [0.1, 0.15) is 9.84 Å². The van der Waals surface area contributed by atoms with E-state index in [-0.39, 0.29) is 11.8 Å². The van der Waals surface area contributed by atoms with Crippen molar-refractivity contribution >= 4 is 9.84 Å². The molecule has 0 aliphatic carbocycles. The summed E-state index contributed by atoms with van der Waals surface area (Å²) in [6.45, 7) is 6.45. The van der Waals surface area contributed by atoms with Crippen LogP contribution in [0.3, 0.4) is 0 Å². The van der Waals surface area contributed by atoms with E-state index in [1.54, 1.807) is 0 Å². The quantitative estimate of drug-likeness (QED) is 0.593. The molecule has 0 aromatic carbocycles. The average Bonchev–Trinajstić information content (AvgIpc) is 2.19. The average molecular weight is 251 g/mol. The van der Waals surface area contributed by atoms with Crippen LogP contribution in [0.2, 0.25) is 0 Å². The maximum atomic E-state index is 11.1. The molecule has 5 heteroatoms. The van der Waals surface area contributed by atoms with Gasteiger partial charge >= 0.3 is 0 Å². The van der Waals surface area contributed by atoms with Crippen LogP contribution < -0.4 is 5.32 Å². The Balaban J connectivity index is 3.79. The maximum Gasteiger partial charge on any atom is 0.147 e. The normalized spacial score (nSPS) is 13.9. The summed E-state index contributed by atoms with van der Waals surface area (Å²) in [4.78, 5) is 0. The molecule has 0 heterocycles. The van der Waals surface area contributed by atoms with Crippen molar-refractivity contribution in [3.8, 4) is 0 Å². The molecule has 1 atom stereocenters. The van der Waals surface area contributed by atoms with Crippen LogP contribution in [0.1, 0.15) is 33.1 Å². The van der Waals surface area contributed by atoms with Crippen LogP contribution in [0.25, 0.3) is 0 Å². The molecule has 0 bridgehead atoms. The van der Waals surface area contributed by atoms with Crippen LogP contribution in [0.4, 0.5) is 0 Å². The minimum Gasteiger partial charge on any atom is -0.381 e. The number of ether oxygens (including phenoxy) is 1. The summed E-state index contributed by atoms with van der Waals surface area (Å²) in [6, 6.07) is 0.247. The lowest BCUT2D eigenvalue weighted by Crippen LogP contribution is -2.32. The van der Waals surface area contributed by atoms with Gasteiger partial charge < -0.3 is 10.1 Å². The highest BCUT2D eigenvalue weighted by Gasteiger charge is 2.11. The first-order chi connectivity index (χ1) is 7.49. The van der Waals surface area contributed by atoms with Crippen LogP contribution in [-0.2, 0) is 14.6 Å². The molecule has 1 N–H and O–H groups in total. The molecule has 0 amide bonds. The minimum absolute atomic E-state index is 0.247. The van der Waals surface area contributed by atoms with E-state index in [0.717, 1.165) is 26.0 Å². The highest BCUT2D eigenvalue weighted by molar-refractivity contribution is 7.90. The van der Waals surface area contributed by atoms with E-state index in [2.05, 4.69) is 12.2 Å². The minimum atomic E-state index is -2.85. The zero-order chi connectivity index (χ0) is 12.4. The Bertz CT molecular complexity index is 252. The van der Waals surface area contributed by atoms with Crippen LogP contribution >= 0.6 is 0 Å². The predicted octanol–water partition coefficient (Wildman–Crippen LogP) is 1.22. The molecule has 0 radical (unpaired) electrons. The topological polar surface area (TPSA) is 55.4 Å². The van der Waals surface area contributed by atoms with Gasteiger partial charge in [-0.3, -0.25) is 0 Å². The van der Waals surface area contributed by atoms with Gasteiger partial charge in [-0.05, 0) is 25.8 Å². The zero-order valence-electron chi connectivity index (χ0n) is 10.7. The molecule has 0 spiro atoms. The Labute approximate surface area is 99.7 Å². The molecule has 0 saturated carbocycles. The number of hydrogen-bond donors (Lipinski definition) is 1. The molecule has 0 fully saturated rings. The molecule has 0 saturated heterocycles. The first-order valence-corrected chi connectivity index (χ1v) is 8.04. The van der Waals surface area contributed by atoms with Gasteiger partial charge in [0.25, 0.3) is 0 Å². The summed E-state index contributed by atoms with van der Waals surface area (Å²) in [5.74, 6) is 0.248. The summed E-state index contributed by atoms with van der Waals surface area (Å²) < 4.78 is 27.5. The Kier molecular flexibility index (Phi) is 8.89. The van der Waals surface area contributed by atoms with Gasteiger partial charge in [-0.1, -0.05) is 13.8 Å². The van der Waals surface area contributed by atoms with Crippen molar-refractivity contribution < 1.29 is 13.2 Å². The monoisotopic (exact) mass is 251 g/mol. The molecule has 0 aromatic rings. The Morgan fingerprint density at radius 2 is 1.88 bits per heavy atom. The van der Waals surface area contributed by atoms with E-state index < -0.39 is 9.84 Å². The number of sulfone groups is 1. The van der Waals surface area contributed by atoms with Crippen molar-refractivity contribution in [1.82, 2.24) is 5.32 Å². The highest BCUT2D eigenvalue weighted by atomic mass is 32.2. The summed E-state index contributed by atoms with van der Waals surface area (Å²) in [7, 11) is -2.85. The SMILES string of the molecule is CCCOCCC(CCS(C)(=O)=O)NCC. The molecular formula is C11H25NO3S. The summed E-state index contributed by atoms with van der Waals surface area (Å²) in [5.41, 5.74) is 0. The fraction of sp³-hybridized carbons (Fsp3) is 1.00. The van der Waals surface area contributed by atoms with E-state index in [1.165, 1.54) is 6.26 Å². The summed E-state index contributed by atoms with van der Waals surface area (Å²) in [6.07, 6.45) is 3.85. The molecule has 4 nitrogen and oxygen atoms in total. The van der Waals surface area contributed by atoms with Crippen molar-refractivity contribution in [1.29, 1.82) is 0 Å². The van der Waals surface area contributed by atoms with Crippen LogP contribution in [0.5, 0.6) is 0 Å². The van der Waals surface area contributed by atoms with Gasteiger partial charge in [0.2, 0.25) is 0 Å². The fourth-order valence-electron chi connectivity index (χ4n) is 1.47. The predicted molar refractivity (Wildman–Crippen MR) is 67.5 cm³/mol. The molecule has 16 heavy (non-hydrogen) atoms. The van der Waals surface area contributed by atoms with E-state index in [1.807, 2.05) is 6.92 Å². The van der Waals surface area contributed by atoms with Crippen LogP contribution in [-0.4, -0.2) is 46.2 Å². The molecule has 0 aliphatic rings. The van der Waals surface area contributed by atoms with Gasteiger partial charge in [0.15, 0.2) is 0 Å². The van der Waals surface area contributed by atoms with Gasteiger partial charge in [-0.2, -0.15) is 0 Å². The molecular weight excluding hydrogens is 226 g/mol. The number of rotatable bonds is 10. The summed E-state index contributed by atoms with van der Waals surface area (Å²) >= 11 is 0. The fourth-order valence-corrected chi connectivity index (χ4v) is 2.18. The lowest BCUT2D eigenvalue weighted by Gasteiger charge is -2.17. The van der Waals surface area contributed by atoms with Crippen molar-refractivity contribution in [3.05, 3.63) is 0 Å². The maximum absolute atomic E-state index is 11.1. The Morgan fingerprint density at radius 1 is 1.19 bits per heavy atom. The second kappa shape index (κ2) is 8.96. The lowest BCUT2D eigenvalue weighted by molar-refractivity contribution is 0.124. The molecule has 0 aromatic heterocycles. The van der Waals surface area contributed by atoms with E-state index in [9.17, 15) is 8.42 Å². The van der Waals surface area contributed by atoms with Crippen molar-refractivity contribution in [2.45, 2.75) is 39.2 Å². The van der Waals surface area contributed by atoms with E-state index >= 15 is 0 Å². The number of nitrogens with one attached hydrogen (secondary N) is 1. The van der Waals surface area contributed by atoms with Crippen LogP contribution in [0, 0.1) is 0 Å². The first kappa shape index (κ1) is 15.9. The molecule has 1 unspecified atom stereocenters. The first-order valence-electron chi connectivity index (χ1n) is 5.98. The number of hydrogen-bond acceptors (Lipinski definition) is 4. The van der Waals surface area contributed by atoms with Crippen molar-refractivity contribution in [3.63, 3.8) is 0 Å². The summed E-state index contributed by atoms with van der Waals surface area (Å²) in [5, 5.41) is 3.29. The van der Waals surface area contributed by atoms with Crippen molar-refractivity contribution in [2.75, 3.05) is 31.8 Å². The van der Waals surface area contributed by atoms with Gasteiger partial charge in [0, 0.05) is 25.5 Å².